The number of piperidine rings is 1. The zero-order valence-electron chi connectivity index (χ0n) is 17.5. The largest absolute Gasteiger partial charge is 0.496 e. The summed E-state index contributed by atoms with van der Waals surface area (Å²) in [5.41, 5.74) is 4.06. The molecule has 29 heavy (non-hydrogen) atoms. The van der Waals surface area contributed by atoms with Gasteiger partial charge in [-0.05, 0) is 43.9 Å². The van der Waals surface area contributed by atoms with Crippen LogP contribution in [0.15, 0.2) is 48.7 Å². The van der Waals surface area contributed by atoms with Gasteiger partial charge in [-0.25, -0.2) is 4.98 Å². The van der Waals surface area contributed by atoms with Crippen molar-refractivity contribution in [1.82, 2.24) is 14.3 Å². The van der Waals surface area contributed by atoms with Crippen LogP contribution in [0.4, 0.5) is 0 Å². The van der Waals surface area contributed by atoms with Crippen LogP contribution in [-0.2, 0) is 4.79 Å². The van der Waals surface area contributed by atoms with Gasteiger partial charge in [-0.3, -0.25) is 4.79 Å². The van der Waals surface area contributed by atoms with E-state index >= 15 is 0 Å². The summed E-state index contributed by atoms with van der Waals surface area (Å²) in [6.45, 7) is 6.04. The molecular formula is C24H29N3O2. The Kier molecular flexibility index (Phi) is 5.56. The number of hydrogen-bond acceptors (Lipinski definition) is 3. The minimum Gasteiger partial charge on any atom is -0.496 e. The Morgan fingerprint density at radius 3 is 2.69 bits per heavy atom. The number of benzene rings is 1. The number of rotatable bonds is 5. The molecule has 1 aromatic carbocycles. The van der Waals surface area contributed by atoms with Crippen molar-refractivity contribution in [2.75, 3.05) is 20.2 Å². The van der Waals surface area contributed by atoms with Crippen LogP contribution >= 0.6 is 0 Å². The lowest BCUT2D eigenvalue weighted by atomic mass is 9.90. The molecule has 1 aliphatic heterocycles. The van der Waals surface area contributed by atoms with Gasteiger partial charge in [0.05, 0.1) is 12.8 Å². The van der Waals surface area contributed by atoms with E-state index in [2.05, 4.69) is 35.4 Å². The number of pyridine rings is 1. The summed E-state index contributed by atoms with van der Waals surface area (Å²) in [7, 11) is 1.68. The summed E-state index contributed by atoms with van der Waals surface area (Å²) in [6.07, 6.45) is 4.49. The van der Waals surface area contributed by atoms with E-state index in [1.165, 1.54) is 0 Å². The van der Waals surface area contributed by atoms with Gasteiger partial charge in [-0.15, -0.1) is 0 Å². The first-order valence-electron chi connectivity index (χ1n) is 10.4. The topological polar surface area (TPSA) is 46.8 Å². The molecule has 2 aromatic heterocycles. The fourth-order valence-electron chi connectivity index (χ4n) is 4.37. The highest BCUT2D eigenvalue weighted by Crippen LogP contribution is 2.36. The third-order valence-corrected chi connectivity index (χ3v) is 6.14. The van der Waals surface area contributed by atoms with E-state index in [0.717, 1.165) is 54.3 Å². The number of aryl methyl sites for hydroxylation is 1. The fourth-order valence-corrected chi connectivity index (χ4v) is 4.37. The maximum absolute atomic E-state index is 13.3. The number of aromatic nitrogens is 2. The molecule has 0 radical (unpaired) electrons. The quantitative estimate of drug-likeness (QED) is 0.646. The van der Waals surface area contributed by atoms with Gasteiger partial charge in [0.25, 0.3) is 0 Å². The first-order chi connectivity index (χ1) is 14.1. The SMILES string of the molecule is COc1ccccc1C(CC(=O)N1CCC(C)CC1)c1cnc2cccc(C)n12. The van der Waals surface area contributed by atoms with Crippen LogP contribution in [0, 0.1) is 12.8 Å². The highest BCUT2D eigenvalue weighted by molar-refractivity contribution is 5.78. The third kappa shape index (κ3) is 3.86. The van der Waals surface area contributed by atoms with Crippen LogP contribution in [0.3, 0.4) is 0 Å². The Hall–Kier alpha value is -2.82. The van der Waals surface area contributed by atoms with Crippen molar-refractivity contribution < 1.29 is 9.53 Å². The molecule has 1 aliphatic rings. The predicted molar refractivity (Wildman–Crippen MR) is 114 cm³/mol. The molecule has 3 heterocycles. The van der Waals surface area contributed by atoms with E-state index in [1.54, 1.807) is 7.11 Å². The summed E-state index contributed by atoms with van der Waals surface area (Å²) in [4.78, 5) is 19.9. The Morgan fingerprint density at radius 2 is 1.93 bits per heavy atom. The summed E-state index contributed by atoms with van der Waals surface area (Å²) >= 11 is 0. The first-order valence-corrected chi connectivity index (χ1v) is 10.4. The Bertz CT molecular complexity index is 1000. The van der Waals surface area contributed by atoms with Crippen molar-refractivity contribution in [3.05, 3.63) is 65.6 Å². The average Bonchev–Trinajstić information content (AvgIpc) is 3.17. The van der Waals surface area contributed by atoms with Gasteiger partial charge in [-0.1, -0.05) is 31.2 Å². The lowest BCUT2D eigenvalue weighted by Crippen LogP contribution is -2.38. The zero-order valence-corrected chi connectivity index (χ0v) is 17.5. The van der Waals surface area contributed by atoms with Crippen LogP contribution in [0.5, 0.6) is 5.75 Å². The van der Waals surface area contributed by atoms with E-state index < -0.39 is 0 Å². The van der Waals surface area contributed by atoms with Gasteiger partial charge in [0, 0.05) is 42.9 Å². The summed E-state index contributed by atoms with van der Waals surface area (Å²) in [5, 5.41) is 0. The van der Waals surface area contributed by atoms with Gasteiger partial charge < -0.3 is 14.0 Å². The van der Waals surface area contributed by atoms with E-state index in [9.17, 15) is 4.79 Å². The molecule has 0 bridgehead atoms. The number of nitrogens with zero attached hydrogens (tertiary/aromatic N) is 3. The van der Waals surface area contributed by atoms with E-state index in [0.29, 0.717) is 12.3 Å². The van der Waals surface area contributed by atoms with Crippen LogP contribution in [-0.4, -0.2) is 40.4 Å². The second-order valence-corrected chi connectivity index (χ2v) is 8.11. The number of carbonyl (C=O) groups excluding carboxylic acids is 1. The maximum Gasteiger partial charge on any atom is 0.223 e. The van der Waals surface area contributed by atoms with E-state index in [-0.39, 0.29) is 11.8 Å². The number of likely N-dealkylation sites (tertiary alicyclic amines) is 1. The van der Waals surface area contributed by atoms with Crippen molar-refractivity contribution in [2.45, 2.75) is 39.0 Å². The fraction of sp³-hybridized carbons (Fsp3) is 0.417. The number of carbonyl (C=O) groups is 1. The Labute approximate surface area is 172 Å². The van der Waals surface area contributed by atoms with E-state index in [4.69, 9.17) is 4.74 Å². The highest BCUT2D eigenvalue weighted by Gasteiger charge is 2.28. The minimum absolute atomic E-state index is 0.117. The van der Waals surface area contributed by atoms with E-state index in [1.807, 2.05) is 41.4 Å². The number of fused-ring (bicyclic) bond motifs is 1. The maximum atomic E-state index is 13.3. The Morgan fingerprint density at radius 1 is 1.17 bits per heavy atom. The van der Waals surface area contributed by atoms with Crippen LogP contribution in [0.1, 0.15) is 49.1 Å². The molecular weight excluding hydrogens is 362 g/mol. The van der Waals surface area contributed by atoms with Crippen molar-refractivity contribution in [3.63, 3.8) is 0 Å². The summed E-state index contributed by atoms with van der Waals surface area (Å²) in [6, 6.07) is 14.1. The van der Waals surface area contributed by atoms with Crippen molar-refractivity contribution in [3.8, 4) is 5.75 Å². The van der Waals surface area contributed by atoms with Gasteiger partial charge in [0.2, 0.25) is 5.91 Å². The monoisotopic (exact) mass is 391 g/mol. The molecule has 0 aliphatic carbocycles. The molecule has 1 fully saturated rings. The molecule has 5 nitrogen and oxygen atoms in total. The molecule has 0 spiro atoms. The number of amides is 1. The van der Waals surface area contributed by atoms with Crippen LogP contribution in [0.25, 0.3) is 5.65 Å². The molecule has 3 aromatic rings. The van der Waals surface area contributed by atoms with Crippen LogP contribution in [0.2, 0.25) is 0 Å². The normalized spacial score (nSPS) is 16.2. The van der Waals surface area contributed by atoms with Gasteiger partial charge in [0.1, 0.15) is 11.4 Å². The molecule has 5 heteroatoms. The van der Waals surface area contributed by atoms with Gasteiger partial charge >= 0.3 is 0 Å². The second-order valence-electron chi connectivity index (χ2n) is 8.11. The summed E-state index contributed by atoms with van der Waals surface area (Å²) < 4.78 is 7.81. The molecule has 152 valence electrons. The van der Waals surface area contributed by atoms with Gasteiger partial charge in [0.15, 0.2) is 0 Å². The van der Waals surface area contributed by atoms with Crippen molar-refractivity contribution in [2.24, 2.45) is 5.92 Å². The lowest BCUT2D eigenvalue weighted by Gasteiger charge is -2.31. The number of imidazole rings is 1. The zero-order chi connectivity index (χ0) is 20.4. The first kappa shape index (κ1) is 19.5. The summed E-state index contributed by atoms with van der Waals surface area (Å²) in [5.74, 6) is 1.59. The molecule has 1 saturated heterocycles. The number of methoxy groups -OCH3 is 1. The Balaban J connectivity index is 1.74. The average molecular weight is 392 g/mol. The van der Waals surface area contributed by atoms with Crippen LogP contribution < -0.4 is 4.74 Å². The predicted octanol–water partition coefficient (Wildman–Crippen LogP) is 4.43. The highest BCUT2D eigenvalue weighted by atomic mass is 16.5. The van der Waals surface area contributed by atoms with Gasteiger partial charge in [-0.2, -0.15) is 0 Å². The third-order valence-electron chi connectivity index (χ3n) is 6.14. The molecule has 0 saturated carbocycles. The van der Waals surface area contributed by atoms with Crippen molar-refractivity contribution >= 4 is 11.6 Å². The molecule has 1 amide bonds. The number of hydrogen-bond donors (Lipinski definition) is 0. The standard InChI is InChI=1S/C24H29N3O2/c1-17-11-13-26(14-12-17)24(28)15-20(19-8-4-5-9-22(19)29-3)21-16-25-23-10-6-7-18(2)27(21)23/h4-10,16-17,20H,11-15H2,1-3H3. The number of para-hydroxylation sites is 1. The minimum atomic E-state index is -0.117. The number of ether oxygens (including phenoxy) is 1. The smallest absolute Gasteiger partial charge is 0.223 e. The lowest BCUT2D eigenvalue weighted by molar-refractivity contribution is -0.132. The molecule has 0 N–H and O–H groups in total. The molecule has 4 rings (SSSR count). The van der Waals surface area contributed by atoms with Crippen molar-refractivity contribution in [1.29, 1.82) is 0 Å². The molecule has 1 unspecified atom stereocenters. The molecule has 1 atom stereocenters. The second kappa shape index (κ2) is 8.27.